The van der Waals surface area contributed by atoms with E-state index in [4.69, 9.17) is 5.73 Å². The lowest BCUT2D eigenvalue weighted by atomic mass is 10.1. The Kier molecular flexibility index (Phi) is 4.02. The van der Waals surface area contributed by atoms with Gasteiger partial charge in [0.1, 0.15) is 5.82 Å². The molecule has 2 aliphatic rings. The van der Waals surface area contributed by atoms with Gasteiger partial charge in [-0.3, -0.25) is 29.1 Å². The monoisotopic (exact) mass is 366 g/mol. The number of nitrogens with one attached hydrogen (secondary N) is 2. The van der Waals surface area contributed by atoms with Gasteiger partial charge >= 0.3 is 0 Å². The van der Waals surface area contributed by atoms with Crippen molar-refractivity contribution in [2.45, 2.75) is 31.7 Å². The first-order chi connectivity index (χ1) is 13.0. The fourth-order valence-corrected chi connectivity index (χ4v) is 3.65. The van der Waals surface area contributed by atoms with Gasteiger partial charge in [-0.1, -0.05) is 12.8 Å². The standard InChI is InChI=1S/C19H18N4O4/c20-16-15-13(18(26)22-19(15)27)9-14(24)23(16)12-7-5-10(6-8-12)17(25)21-11-3-1-2-4-11/h5-9,11H,1-4,20H2,(H,21,25)(H,22,26,27). The molecule has 0 radical (unpaired) electrons. The number of nitrogen functional groups attached to an aromatic ring is 1. The van der Waals surface area contributed by atoms with Gasteiger partial charge in [0.15, 0.2) is 0 Å². The number of aromatic nitrogens is 1. The molecule has 0 bridgehead atoms. The minimum Gasteiger partial charge on any atom is -0.384 e. The average Bonchev–Trinajstić information content (AvgIpc) is 3.23. The number of hydrogen-bond donors (Lipinski definition) is 3. The maximum atomic E-state index is 12.4. The van der Waals surface area contributed by atoms with Gasteiger partial charge in [-0.2, -0.15) is 0 Å². The molecule has 27 heavy (non-hydrogen) atoms. The summed E-state index contributed by atoms with van der Waals surface area (Å²) in [6.45, 7) is 0. The van der Waals surface area contributed by atoms with E-state index >= 15 is 0 Å². The van der Waals surface area contributed by atoms with Gasteiger partial charge in [0.2, 0.25) is 0 Å². The first-order valence-corrected chi connectivity index (χ1v) is 8.78. The van der Waals surface area contributed by atoms with E-state index in [-0.39, 0.29) is 28.9 Å². The molecule has 138 valence electrons. The number of benzene rings is 1. The van der Waals surface area contributed by atoms with E-state index in [1.165, 1.54) is 0 Å². The van der Waals surface area contributed by atoms with Crippen LogP contribution >= 0.6 is 0 Å². The van der Waals surface area contributed by atoms with Gasteiger partial charge in [0.05, 0.1) is 16.8 Å². The molecule has 1 saturated carbocycles. The fraction of sp³-hybridized carbons (Fsp3) is 0.263. The number of carbonyl (C=O) groups excluding carboxylic acids is 3. The second-order valence-electron chi connectivity index (χ2n) is 6.78. The summed E-state index contributed by atoms with van der Waals surface area (Å²) < 4.78 is 1.15. The number of hydrogen-bond acceptors (Lipinski definition) is 5. The molecular formula is C19H18N4O4. The zero-order chi connectivity index (χ0) is 19.1. The molecule has 1 aromatic carbocycles. The third kappa shape index (κ3) is 2.88. The summed E-state index contributed by atoms with van der Waals surface area (Å²) in [4.78, 5) is 48.4. The van der Waals surface area contributed by atoms with Gasteiger partial charge in [0, 0.05) is 17.7 Å². The normalized spacial score (nSPS) is 16.3. The second kappa shape index (κ2) is 6.39. The minimum absolute atomic E-state index is 0.0114. The van der Waals surface area contributed by atoms with E-state index in [1.54, 1.807) is 24.3 Å². The molecule has 8 heteroatoms. The van der Waals surface area contributed by atoms with Gasteiger partial charge in [0.25, 0.3) is 23.3 Å². The van der Waals surface area contributed by atoms with E-state index in [0.29, 0.717) is 11.3 Å². The van der Waals surface area contributed by atoms with Crippen LogP contribution in [0.4, 0.5) is 5.82 Å². The molecule has 0 unspecified atom stereocenters. The van der Waals surface area contributed by atoms with Gasteiger partial charge in [-0.25, -0.2) is 0 Å². The molecule has 3 amide bonds. The highest BCUT2D eigenvalue weighted by Crippen LogP contribution is 2.23. The number of amides is 3. The predicted octanol–water partition coefficient (Wildman–Crippen LogP) is 0.976. The average molecular weight is 366 g/mol. The van der Waals surface area contributed by atoms with E-state index in [1.807, 2.05) is 0 Å². The minimum atomic E-state index is -0.634. The van der Waals surface area contributed by atoms with Crippen molar-refractivity contribution in [1.82, 2.24) is 15.2 Å². The third-order valence-electron chi connectivity index (χ3n) is 5.03. The van der Waals surface area contributed by atoms with Crippen LogP contribution in [0.5, 0.6) is 0 Å². The SMILES string of the molecule is Nc1c2c(cc(=O)n1-c1ccc(C(=O)NC3CCCC3)cc1)C(=O)NC2=O. The van der Waals surface area contributed by atoms with Crippen molar-refractivity contribution in [1.29, 1.82) is 0 Å². The molecule has 0 atom stereocenters. The van der Waals surface area contributed by atoms with E-state index in [0.717, 1.165) is 36.3 Å². The number of pyridine rings is 1. The Balaban J connectivity index is 1.66. The Morgan fingerprint density at radius 2 is 1.74 bits per heavy atom. The third-order valence-corrected chi connectivity index (χ3v) is 5.03. The number of nitrogens with zero attached hydrogens (tertiary/aromatic N) is 1. The van der Waals surface area contributed by atoms with Crippen molar-refractivity contribution in [2.75, 3.05) is 5.73 Å². The lowest BCUT2D eigenvalue weighted by molar-refractivity contribution is 0.0877. The van der Waals surface area contributed by atoms with Gasteiger partial charge in [-0.15, -0.1) is 0 Å². The Hall–Kier alpha value is -3.42. The van der Waals surface area contributed by atoms with Crippen LogP contribution in [0.25, 0.3) is 5.69 Å². The largest absolute Gasteiger partial charge is 0.384 e. The summed E-state index contributed by atoms with van der Waals surface area (Å²) in [5.41, 5.74) is 6.32. The Morgan fingerprint density at radius 1 is 1.07 bits per heavy atom. The molecule has 0 spiro atoms. The molecule has 2 heterocycles. The number of anilines is 1. The molecule has 1 fully saturated rings. The molecule has 1 aromatic heterocycles. The summed E-state index contributed by atoms with van der Waals surface area (Å²) in [6.07, 6.45) is 4.23. The van der Waals surface area contributed by atoms with Crippen molar-refractivity contribution >= 4 is 23.5 Å². The van der Waals surface area contributed by atoms with E-state index in [9.17, 15) is 19.2 Å². The molecule has 4 N–H and O–H groups in total. The highest BCUT2D eigenvalue weighted by Gasteiger charge is 2.31. The van der Waals surface area contributed by atoms with Crippen LogP contribution in [0.15, 0.2) is 35.1 Å². The van der Waals surface area contributed by atoms with Crippen molar-refractivity contribution in [2.24, 2.45) is 0 Å². The predicted molar refractivity (Wildman–Crippen MR) is 98.0 cm³/mol. The Morgan fingerprint density at radius 3 is 2.41 bits per heavy atom. The summed E-state index contributed by atoms with van der Waals surface area (Å²) in [5, 5.41) is 5.12. The second-order valence-corrected chi connectivity index (χ2v) is 6.78. The van der Waals surface area contributed by atoms with Crippen LogP contribution in [0.3, 0.4) is 0 Å². The van der Waals surface area contributed by atoms with Crippen LogP contribution in [0, 0.1) is 0 Å². The lowest BCUT2D eigenvalue weighted by Gasteiger charge is -2.14. The van der Waals surface area contributed by atoms with Crippen molar-refractivity contribution in [3.8, 4) is 5.69 Å². The van der Waals surface area contributed by atoms with Crippen LogP contribution < -0.4 is 21.9 Å². The summed E-state index contributed by atoms with van der Waals surface area (Å²) in [5.74, 6) is -1.53. The fourth-order valence-electron chi connectivity index (χ4n) is 3.65. The molecule has 8 nitrogen and oxygen atoms in total. The van der Waals surface area contributed by atoms with Crippen molar-refractivity contribution in [3.05, 3.63) is 57.4 Å². The van der Waals surface area contributed by atoms with Crippen molar-refractivity contribution < 1.29 is 14.4 Å². The van der Waals surface area contributed by atoms with Crippen molar-refractivity contribution in [3.63, 3.8) is 0 Å². The zero-order valence-corrected chi connectivity index (χ0v) is 14.5. The number of rotatable bonds is 3. The smallest absolute Gasteiger partial charge is 0.262 e. The summed E-state index contributed by atoms with van der Waals surface area (Å²) in [7, 11) is 0. The molecule has 4 rings (SSSR count). The maximum Gasteiger partial charge on any atom is 0.262 e. The van der Waals surface area contributed by atoms with Gasteiger partial charge < -0.3 is 11.1 Å². The molecule has 1 aliphatic heterocycles. The number of imide groups is 1. The highest BCUT2D eigenvalue weighted by atomic mass is 16.2. The lowest BCUT2D eigenvalue weighted by Crippen LogP contribution is -2.32. The van der Waals surface area contributed by atoms with Crippen LogP contribution in [0.2, 0.25) is 0 Å². The summed E-state index contributed by atoms with van der Waals surface area (Å²) >= 11 is 0. The first kappa shape index (κ1) is 17.0. The topological polar surface area (TPSA) is 123 Å². The molecular weight excluding hydrogens is 348 g/mol. The summed E-state index contributed by atoms with van der Waals surface area (Å²) in [6, 6.07) is 7.67. The zero-order valence-electron chi connectivity index (χ0n) is 14.5. The van der Waals surface area contributed by atoms with E-state index in [2.05, 4.69) is 10.6 Å². The first-order valence-electron chi connectivity index (χ1n) is 8.78. The van der Waals surface area contributed by atoms with Crippen LogP contribution in [0.1, 0.15) is 56.8 Å². The number of nitrogens with two attached hydrogens (primary N) is 1. The quantitative estimate of drug-likeness (QED) is 0.699. The highest BCUT2D eigenvalue weighted by molar-refractivity contribution is 6.23. The Labute approximate surface area is 154 Å². The Bertz CT molecular complexity index is 1020. The molecule has 1 aliphatic carbocycles. The number of carbonyl (C=O) groups is 3. The molecule has 2 aromatic rings. The van der Waals surface area contributed by atoms with E-state index < -0.39 is 17.4 Å². The number of fused-ring (bicyclic) bond motifs is 1. The van der Waals surface area contributed by atoms with Gasteiger partial charge in [-0.05, 0) is 37.1 Å². The molecule has 0 saturated heterocycles. The van der Waals surface area contributed by atoms with Crippen LogP contribution in [-0.4, -0.2) is 28.3 Å². The maximum absolute atomic E-state index is 12.4. The van der Waals surface area contributed by atoms with Crippen LogP contribution in [-0.2, 0) is 0 Å².